The highest BCUT2D eigenvalue weighted by Gasteiger charge is 2.17. The van der Waals surface area contributed by atoms with Gasteiger partial charge in [0.15, 0.2) is 5.75 Å². The highest BCUT2D eigenvalue weighted by Crippen LogP contribution is 2.40. The molecule has 0 fully saturated rings. The van der Waals surface area contributed by atoms with Crippen LogP contribution >= 0.6 is 39.1 Å². The van der Waals surface area contributed by atoms with Gasteiger partial charge in [0.1, 0.15) is 5.75 Å². The third-order valence-corrected chi connectivity index (χ3v) is 3.70. The molecule has 110 valence electrons. The molecule has 0 bridgehead atoms. The van der Waals surface area contributed by atoms with Gasteiger partial charge in [0.25, 0.3) is 5.69 Å². The highest BCUT2D eigenvalue weighted by molar-refractivity contribution is 9.10. The van der Waals surface area contributed by atoms with Gasteiger partial charge in [-0.3, -0.25) is 10.1 Å². The molecule has 0 aliphatic carbocycles. The summed E-state index contributed by atoms with van der Waals surface area (Å²) in [7, 11) is 0. The van der Waals surface area contributed by atoms with E-state index in [0.717, 1.165) is 10.0 Å². The average molecular weight is 392 g/mol. The number of ether oxygens (including phenoxy) is 1. The van der Waals surface area contributed by atoms with Crippen LogP contribution in [0.4, 0.5) is 5.69 Å². The number of halogens is 3. The SMILES string of the molecule is NCc1cc(Br)ccc1Oc1c(Cl)cc([N+](=O)[O-])cc1Cl. The van der Waals surface area contributed by atoms with Crippen LogP contribution in [0.15, 0.2) is 34.8 Å². The van der Waals surface area contributed by atoms with E-state index in [1.54, 1.807) is 12.1 Å². The summed E-state index contributed by atoms with van der Waals surface area (Å²) in [6.45, 7) is 0.261. The van der Waals surface area contributed by atoms with E-state index in [1.165, 1.54) is 12.1 Å². The summed E-state index contributed by atoms with van der Waals surface area (Å²) in [5.41, 5.74) is 6.20. The Morgan fingerprint density at radius 1 is 1.24 bits per heavy atom. The van der Waals surface area contributed by atoms with Crippen molar-refractivity contribution in [3.8, 4) is 11.5 Å². The average Bonchev–Trinajstić information content (AvgIpc) is 2.43. The lowest BCUT2D eigenvalue weighted by Crippen LogP contribution is -2.00. The molecule has 0 unspecified atom stereocenters. The van der Waals surface area contributed by atoms with Crippen LogP contribution in [0, 0.1) is 10.1 Å². The van der Waals surface area contributed by atoms with Crippen LogP contribution < -0.4 is 10.5 Å². The summed E-state index contributed by atoms with van der Waals surface area (Å²) in [6.07, 6.45) is 0. The predicted molar refractivity (Wildman–Crippen MR) is 85.2 cm³/mol. The Labute approximate surface area is 138 Å². The summed E-state index contributed by atoms with van der Waals surface area (Å²) in [4.78, 5) is 10.2. The third-order valence-electron chi connectivity index (χ3n) is 2.65. The minimum Gasteiger partial charge on any atom is -0.454 e. The molecule has 0 atom stereocenters. The van der Waals surface area contributed by atoms with E-state index < -0.39 is 4.92 Å². The number of hydrogen-bond donors (Lipinski definition) is 1. The zero-order valence-electron chi connectivity index (χ0n) is 10.5. The van der Waals surface area contributed by atoms with E-state index in [2.05, 4.69) is 15.9 Å². The van der Waals surface area contributed by atoms with E-state index >= 15 is 0 Å². The fourth-order valence-corrected chi connectivity index (χ4v) is 2.63. The van der Waals surface area contributed by atoms with Crippen molar-refractivity contribution >= 4 is 44.8 Å². The molecule has 0 heterocycles. The predicted octanol–water partition coefficient (Wildman–Crippen LogP) is 4.92. The molecule has 2 rings (SSSR count). The Hall–Kier alpha value is -1.34. The summed E-state index contributed by atoms with van der Waals surface area (Å²) in [6, 6.07) is 7.66. The smallest absolute Gasteiger partial charge is 0.272 e. The second-order valence-corrected chi connectivity index (χ2v) is 5.78. The van der Waals surface area contributed by atoms with E-state index in [4.69, 9.17) is 33.7 Å². The van der Waals surface area contributed by atoms with Crippen LogP contribution in [0.1, 0.15) is 5.56 Å². The molecule has 0 aliphatic heterocycles. The van der Waals surface area contributed by atoms with Crippen molar-refractivity contribution in [1.82, 2.24) is 0 Å². The molecule has 21 heavy (non-hydrogen) atoms. The number of benzene rings is 2. The molecule has 2 aromatic rings. The minimum atomic E-state index is -0.577. The second-order valence-electron chi connectivity index (χ2n) is 4.05. The molecule has 2 aromatic carbocycles. The summed E-state index contributed by atoms with van der Waals surface area (Å²) >= 11 is 15.3. The first-order valence-corrected chi connectivity index (χ1v) is 7.27. The van der Waals surface area contributed by atoms with E-state index in [9.17, 15) is 10.1 Å². The highest BCUT2D eigenvalue weighted by atomic mass is 79.9. The lowest BCUT2D eigenvalue weighted by atomic mass is 10.2. The molecule has 0 aromatic heterocycles. The minimum absolute atomic E-state index is 0.0556. The van der Waals surface area contributed by atoms with E-state index in [1.807, 2.05) is 6.07 Å². The topological polar surface area (TPSA) is 78.4 Å². The number of hydrogen-bond acceptors (Lipinski definition) is 4. The molecule has 0 spiro atoms. The molecule has 0 saturated carbocycles. The summed E-state index contributed by atoms with van der Waals surface area (Å²) in [5.74, 6) is 0.638. The molecule has 0 aliphatic rings. The van der Waals surface area contributed by atoms with Crippen LogP contribution in [0.2, 0.25) is 10.0 Å². The molecule has 0 radical (unpaired) electrons. The fraction of sp³-hybridized carbons (Fsp3) is 0.0769. The lowest BCUT2D eigenvalue weighted by molar-refractivity contribution is -0.384. The van der Waals surface area contributed by atoms with Gasteiger partial charge in [0.2, 0.25) is 0 Å². The van der Waals surface area contributed by atoms with Crippen molar-refractivity contribution in [2.24, 2.45) is 5.73 Å². The van der Waals surface area contributed by atoms with Crippen molar-refractivity contribution in [1.29, 1.82) is 0 Å². The maximum atomic E-state index is 10.7. The van der Waals surface area contributed by atoms with Crippen molar-refractivity contribution in [3.05, 3.63) is 60.5 Å². The maximum Gasteiger partial charge on any atom is 0.272 e. The number of nitrogens with two attached hydrogens (primary N) is 1. The Morgan fingerprint density at radius 2 is 1.86 bits per heavy atom. The molecule has 8 heteroatoms. The van der Waals surface area contributed by atoms with Gasteiger partial charge in [0, 0.05) is 28.7 Å². The third kappa shape index (κ3) is 3.65. The van der Waals surface area contributed by atoms with Crippen molar-refractivity contribution in [3.63, 3.8) is 0 Å². The Balaban J connectivity index is 2.43. The number of nitro groups is 1. The number of non-ortho nitro benzene ring substituents is 1. The van der Waals surface area contributed by atoms with Crippen LogP contribution in [0.5, 0.6) is 11.5 Å². The first kappa shape index (κ1) is 16.0. The van der Waals surface area contributed by atoms with Crippen LogP contribution in [0.25, 0.3) is 0 Å². The van der Waals surface area contributed by atoms with Gasteiger partial charge in [-0.05, 0) is 18.2 Å². The van der Waals surface area contributed by atoms with Crippen molar-refractivity contribution in [2.45, 2.75) is 6.54 Å². The molecule has 2 N–H and O–H groups in total. The van der Waals surface area contributed by atoms with Gasteiger partial charge in [-0.25, -0.2) is 0 Å². The van der Waals surface area contributed by atoms with Crippen molar-refractivity contribution in [2.75, 3.05) is 0 Å². The van der Waals surface area contributed by atoms with Gasteiger partial charge < -0.3 is 10.5 Å². The van der Waals surface area contributed by atoms with Gasteiger partial charge in [-0.2, -0.15) is 0 Å². The van der Waals surface area contributed by atoms with Crippen molar-refractivity contribution < 1.29 is 9.66 Å². The first-order valence-electron chi connectivity index (χ1n) is 5.72. The molecule has 5 nitrogen and oxygen atoms in total. The van der Waals surface area contributed by atoms with Gasteiger partial charge in [-0.1, -0.05) is 39.1 Å². The Bertz CT molecular complexity index is 687. The number of nitrogens with zero attached hydrogens (tertiary/aromatic N) is 1. The lowest BCUT2D eigenvalue weighted by Gasteiger charge is -2.13. The molecular formula is C13H9BrCl2N2O3. The van der Waals surface area contributed by atoms with Gasteiger partial charge in [-0.15, -0.1) is 0 Å². The van der Waals surface area contributed by atoms with E-state index in [-0.39, 0.29) is 28.0 Å². The zero-order chi connectivity index (χ0) is 15.6. The maximum absolute atomic E-state index is 10.7. The number of rotatable bonds is 4. The Kier molecular flexibility index (Phi) is 5.05. The van der Waals surface area contributed by atoms with Gasteiger partial charge in [0.05, 0.1) is 15.0 Å². The van der Waals surface area contributed by atoms with Crippen LogP contribution in [0.3, 0.4) is 0 Å². The summed E-state index contributed by atoms with van der Waals surface area (Å²) < 4.78 is 6.52. The first-order chi connectivity index (χ1) is 9.92. The molecule has 0 saturated heterocycles. The molecule has 0 amide bonds. The quantitative estimate of drug-likeness (QED) is 0.592. The van der Waals surface area contributed by atoms with Crippen LogP contribution in [-0.4, -0.2) is 4.92 Å². The zero-order valence-corrected chi connectivity index (χ0v) is 13.6. The normalized spacial score (nSPS) is 10.5. The number of nitro benzene ring substituents is 1. The Morgan fingerprint density at radius 3 is 2.38 bits per heavy atom. The largest absolute Gasteiger partial charge is 0.454 e. The van der Waals surface area contributed by atoms with Gasteiger partial charge >= 0.3 is 0 Å². The van der Waals surface area contributed by atoms with Crippen LogP contribution in [-0.2, 0) is 6.54 Å². The fourth-order valence-electron chi connectivity index (χ4n) is 1.67. The van der Waals surface area contributed by atoms with E-state index in [0.29, 0.717) is 5.75 Å². The monoisotopic (exact) mass is 390 g/mol. The standard InChI is InChI=1S/C13H9BrCl2N2O3/c14-8-1-2-12(7(3-8)6-17)21-13-10(15)4-9(18(19)20)5-11(13)16/h1-5H,6,17H2. The molecular weight excluding hydrogens is 383 g/mol. The summed E-state index contributed by atoms with van der Waals surface area (Å²) in [5, 5.41) is 10.8. The second kappa shape index (κ2) is 6.62.